The van der Waals surface area contributed by atoms with Crippen LogP contribution in [-0.4, -0.2) is 42.6 Å². The molecule has 1 aliphatic rings. The summed E-state index contributed by atoms with van der Waals surface area (Å²) in [6, 6.07) is 0. The van der Waals surface area contributed by atoms with E-state index in [2.05, 4.69) is 19.6 Å². The van der Waals surface area contributed by atoms with Gasteiger partial charge >= 0.3 is 0 Å². The molecule has 0 radical (unpaired) electrons. The maximum atomic E-state index is 3.91. The first-order valence-corrected chi connectivity index (χ1v) is 10.7. The number of hydrogen-bond acceptors (Lipinski definition) is 0. The Hall–Kier alpha value is 1.55. The summed E-state index contributed by atoms with van der Waals surface area (Å²) in [4.78, 5) is 0. The van der Waals surface area contributed by atoms with Crippen LogP contribution in [0.5, 0.6) is 0 Å². The van der Waals surface area contributed by atoms with E-state index in [1.165, 1.54) is 67.0 Å². The molecular weight excluding hydrogens is 293 g/mol. The van der Waals surface area contributed by atoms with Crippen molar-refractivity contribution in [1.29, 1.82) is 0 Å². The van der Waals surface area contributed by atoms with Crippen molar-refractivity contribution in [2.24, 2.45) is 0 Å². The van der Waals surface area contributed by atoms with Gasteiger partial charge in [0.25, 0.3) is 0 Å². The zero-order chi connectivity index (χ0) is 10.9. The Balaban J connectivity index is 0.00000225. The Bertz CT molecular complexity index is 176. The van der Waals surface area contributed by atoms with Crippen molar-refractivity contribution < 1.29 is 17.1 Å². The van der Waals surface area contributed by atoms with Crippen LogP contribution in [0.2, 0.25) is 0 Å². The molecule has 0 aromatic rings. The first-order chi connectivity index (χ1) is 7.33. The molecule has 1 fully saturated rings. The summed E-state index contributed by atoms with van der Waals surface area (Å²) in [5.41, 5.74) is 0.998. The fourth-order valence-corrected chi connectivity index (χ4v) is 8.18. The van der Waals surface area contributed by atoms with Gasteiger partial charge in [-0.05, 0) is 55.5 Å². The van der Waals surface area contributed by atoms with E-state index in [0.29, 0.717) is 7.92 Å². The Labute approximate surface area is 117 Å². The summed E-state index contributed by atoms with van der Waals surface area (Å²) in [5.74, 6) is 0. The van der Waals surface area contributed by atoms with Crippen LogP contribution in [0.3, 0.4) is 0 Å². The topological polar surface area (TPSA) is 0 Å². The molecule has 0 bridgehead atoms. The average molecular weight is 318 g/mol. The molecule has 0 aromatic carbocycles. The van der Waals surface area contributed by atoms with Crippen molar-refractivity contribution in [3.8, 4) is 0 Å². The molecule has 1 rings (SSSR count). The molecule has 4 unspecified atom stereocenters. The van der Waals surface area contributed by atoms with Crippen LogP contribution in [0.25, 0.3) is 0 Å². The van der Waals surface area contributed by atoms with E-state index in [4.69, 9.17) is 0 Å². The molecule has 4 atom stereocenters. The van der Waals surface area contributed by atoms with E-state index in [9.17, 15) is 0 Å². The van der Waals surface area contributed by atoms with E-state index >= 15 is 0 Å². The Morgan fingerprint density at radius 2 is 2.06 bits per heavy atom. The van der Waals surface area contributed by atoms with E-state index in [1.807, 2.05) is 0 Å². The molecular formula is C12H25FeP3. The van der Waals surface area contributed by atoms with Crippen molar-refractivity contribution in [2.45, 2.75) is 25.4 Å². The quantitative estimate of drug-likeness (QED) is 0.407. The molecule has 1 aliphatic heterocycles. The van der Waals surface area contributed by atoms with Gasteiger partial charge in [-0.1, -0.05) is 13.0 Å². The number of hydrogen-bond donors (Lipinski definition) is 0. The molecule has 0 aromatic heterocycles. The number of rotatable bonds is 2. The summed E-state index contributed by atoms with van der Waals surface area (Å²) >= 11 is 0. The third-order valence-corrected chi connectivity index (χ3v) is 8.86. The molecule has 0 saturated carbocycles. The number of allylic oxidation sites excluding steroid dienone is 1. The van der Waals surface area contributed by atoms with Gasteiger partial charge in [-0.15, -0.1) is 31.7 Å². The molecule has 16 heavy (non-hydrogen) atoms. The second-order valence-corrected chi connectivity index (χ2v) is 10.3. The fourth-order valence-electron chi connectivity index (χ4n) is 2.01. The predicted octanol–water partition coefficient (Wildman–Crippen LogP) is 4.19. The van der Waals surface area contributed by atoms with Crippen LogP contribution in [-0.2, 0) is 17.1 Å². The van der Waals surface area contributed by atoms with E-state index in [-0.39, 0.29) is 17.1 Å². The minimum atomic E-state index is 0. The van der Waals surface area contributed by atoms with Crippen LogP contribution in [0.15, 0.2) is 12.7 Å². The second-order valence-electron chi connectivity index (χ2n) is 4.36. The minimum Gasteiger partial charge on any atom is -0.122 e. The third kappa shape index (κ3) is 8.61. The first kappa shape index (κ1) is 17.5. The van der Waals surface area contributed by atoms with Crippen molar-refractivity contribution in [2.75, 3.05) is 37.0 Å². The van der Waals surface area contributed by atoms with Gasteiger partial charge in [-0.25, -0.2) is 0 Å². The van der Waals surface area contributed by atoms with Gasteiger partial charge in [0.15, 0.2) is 0 Å². The van der Waals surface area contributed by atoms with E-state index in [1.54, 1.807) is 0 Å². The van der Waals surface area contributed by atoms with Gasteiger partial charge in [0.1, 0.15) is 0 Å². The second kappa shape index (κ2) is 11.6. The maximum Gasteiger partial charge on any atom is 0 e. The van der Waals surface area contributed by atoms with E-state index < -0.39 is 0 Å². The van der Waals surface area contributed by atoms with Gasteiger partial charge in [0.05, 0.1) is 0 Å². The van der Waals surface area contributed by atoms with Crippen molar-refractivity contribution in [3.05, 3.63) is 12.7 Å². The fraction of sp³-hybridized carbons (Fsp3) is 0.833. The standard InChI is InChI=1S/C12H25P3.Fe/c1-3-9-15-10-5-7-13-6-4-8-14-12(2)11-15;/h3,12-14H,1,4-11H2,2H3;. The van der Waals surface area contributed by atoms with Crippen LogP contribution in [0, 0.1) is 0 Å². The van der Waals surface area contributed by atoms with Gasteiger partial charge in [0.2, 0.25) is 0 Å². The summed E-state index contributed by atoms with van der Waals surface area (Å²) in [5, 5.41) is 0. The molecule has 96 valence electrons. The molecule has 1 heterocycles. The molecule has 1 saturated heterocycles. The molecule has 0 N–H and O–H groups in total. The monoisotopic (exact) mass is 318 g/mol. The van der Waals surface area contributed by atoms with Crippen LogP contribution >= 0.6 is 25.1 Å². The largest absolute Gasteiger partial charge is 0.122 e. The van der Waals surface area contributed by atoms with Gasteiger partial charge in [-0.3, -0.25) is 0 Å². The Kier molecular flexibility index (Phi) is 12.8. The molecule has 0 nitrogen and oxygen atoms in total. The van der Waals surface area contributed by atoms with Crippen LogP contribution in [0.4, 0.5) is 0 Å². The first-order valence-electron chi connectivity index (χ1n) is 6.10. The molecule has 0 aliphatic carbocycles. The van der Waals surface area contributed by atoms with Gasteiger partial charge < -0.3 is 0 Å². The Morgan fingerprint density at radius 3 is 2.81 bits per heavy atom. The zero-order valence-corrected chi connectivity index (χ0v) is 14.3. The van der Waals surface area contributed by atoms with E-state index in [0.717, 1.165) is 5.66 Å². The van der Waals surface area contributed by atoms with Crippen molar-refractivity contribution in [1.82, 2.24) is 0 Å². The molecule has 4 heteroatoms. The normalized spacial score (nSPS) is 31.6. The summed E-state index contributed by atoms with van der Waals surface area (Å²) in [6.07, 6.45) is 14.0. The average Bonchev–Trinajstić information content (AvgIpc) is 2.25. The smallest absolute Gasteiger partial charge is 0 e. The predicted molar refractivity (Wildman–Crippen MR) is 81.6 cm³/mol. The summed E-state index contributed by atoms with van der Waals surface area (Å²) in [6.45, 7) is 6.38. The van der Waals surface area contributed by atoms with Gasteiger partial charge in [-0.2, -0.15) is 0 Å². The SMILES string of the molecule is C=CCP1CCCPCCCPC(C)C1.[Fe]. The zero-order valence-electron chi connectivity index (χ0n) is 10.3. The summed E-state index contributed by atoms with van der Waals surface area (Å²) in [7, 11) is 2.78. The van der Waals surface area contributed by atoms with Gasteiger partial charge in [0, 0.05) is 17.1 Å². The third-order valence-electron chi connectivity index (χ3n) is 2.77. The Morgan fingerprint density at radius 1 is 1.31 bits per heavy atom. The van der Waals surface area contributed by atoms with Crippen molar-refractivity contribution >= 4 is 25.1 Å². The van der Waals surface area contributed by atoms with Crippen LogP contribution in [0.1, 0.15) is 19.8 Å². The molecule has 0 amide bonds. The van der Waals surface area contributed by atoms with Crippen LogP contribution < -0.4 is 0 Å². The maximum absolute atomic E-state index is 3.91. The van der Waals surface area contributed by atoms with Crippen molar-refractivity contribution in [3.63, 3.8) is 0 Å². The molecule has 0 spiro atoms. The summed E-state index contributed by atoms with van der Waals surface area (Å²) < 4.78 is 0. The minimum absolute atomic E-state index is 0.